The summed E-state index contributed by atoms with van der Waals surface area (Å²) in [5.74, 6) is -3.77. The largest absolute Gasteiger partial charge is 0.486 e. The molecule has 0 aliphatic heterocycles. The maximum atomic E-state index is 13.9. The summed E-state index contributed by atoms with van der Waals surface area (Å²) in [5.41, 5.74) is -0.0603. The third kappa shape index (κ3) is 4.90. The monoisotopic (exact) mass is 375 g/mol. The van der Waals surface area contributed by atoms with Crippen molar-refractivity contribution in [2.75, 3.05) is 6.26 Å². The van der Waals surface area contributed by atoms with Crippen LogP contribution in [0.3, 0.4) is 0 Å². The summed E-state index contributed by atoms with van der Waals surface area (Å²) in [4.78, 5) is 11.6. The highest BCUT2D eigenvalue weighted by atomic mass is 35.5. The fourth-order valence-electron chi connectivity index (χ4n) is 1.78. The molecule has 1 N–H and O–H groups in total. The zero-order valence-electron chi connectivity index (χ0n) is 12.3. The van der Waals surface area contributed by atoms with Gasteiger partial charge in [-0.25, -0.2) is 21.9 Å². The Balaban J connectivity index is 2.17. The summed E-state index contributed by atoms with van der Waals surface area (Å²) >= 11 is 5.74. The number of halogens is 3. The zero-order chi connectivity index (χ0) is 17.9. The Morgan fingerprint density at radius 3 is 2.38 bits per heavy atom. The van der Waals surface area contributed by atoms with Crippen LogP contribution in [-0.2, 0) is 16.6 Å². The van der Waals surface area contributed by atoms with Crippen LogP contribution >= 0.6 is 11.6 Å². The van der Waals surface area contributed by atoms with Gasteiger partial charge in [0.15, 0.2) is 11.6 Å². The molecule has 0 aliphatic rings. The predicted molar refractivity (Wildman–Crippen MR) is 84.5 cm³/mol. The van der Waals surface area contributed by atoms with Crippen LogP contribution < -0.4 is 9.46 Å². The molecule has 0 bridgehead atoms. The van der Waals surface area contributed by atoms with E-state index in [-0.39, 0.29) is 6.61 Å². The van der Waals surface area contributed by atoms with E-state index in [1.807, 2.05) is 0 Å². The topological polar surface area (TPSA) is 72.5 Å². The standard InChI is InChI=1S/C15H12ClF2NO4S/c1-24(21,22)19-15(20)11-6-13(18)14(7-12(11)17)23-8-9-2-4-10(16)5-3-9/h2-7H,8H2,1H3,(H,19,20). The van der Waals surface area contributed by atoms with E-state index in [0.717, 1.165) is 6.26 Å². The fraction of sp³-hybridized carbons (Fsp3) is 0.133. The lowest BCUT2D eigenvalue weighted by Crippen LogP contribution is -2.30. The van der Waals surface area contributed by atoms with Crippen molar-refractivity contribution < 1.29 is 26.7 Å². The maximum absolute atomic E-state index is 13.9. The average molecular weight is 376 g/mol. The van der Waals surface area contributed by atoms with E-state index in [1.165, 1.54) is 0 Å². The lowest BCUT2D eigenvalue weighted by molar-refractivity contribution is 0.0977. The second-order valence-corrected chi connectivity index (χ2v) is 7.07. The number of hydrogen-bond acceptors (Lipinski definition) is 4. The van der Waals surface area contributed by atoms with Crippen LogP contribution in [0.4, 0.5) is 8.78 Å². The minimum atomic E-state index is -3.89. The van der Waals surface area contributed by atoms with Crippen LogP contribution in [0.5, 0.6) is 5.75 Å². The van der Waals surface area contributed by atoms with Gasteiger partial charge in [-0.15, -0.1) is 0 Å². The number of nitrogens with one attached hydrogen (secondary N) is 1. The number of carbonyl (C=O) groups excluding carboxylic acids is 1. The van der Waals surface area contributed by atoms with Gasteiger partial charge in [0.05, 0.1) is 11.8 Å². The Labute approximate surface area is 142 Å². The molecule has 5 nitrogen and oxygen atoms in total. The van der Waals surface area contributed by atoms with Crippen LogP contribution in [0.2, 0.25) is 5.02 Å². The highest BCUT2D eigenvalue weighted by Crippen LogP contribution is 2.23. The maximum Gasteiger partial charge on any atom is 0.267 e. The molecule has 0 atom stereocenters. The van der Waals surface area contributed by atoms with E-state index in [9.17, 15) is 22.0 Å². The van der Waals surface area contributed by atoms with Gasteiger partial charge in [0, 0.05) is 11.1 Å². The molecule has 0 heterocycles. The minimum absolute atomic E-state index is 0.0393. The Bertz CT molecular complexity index is 870. The van der Waals surface area contributed by atoms with Crippen molar-refractivity contribution >= 4 is 27.5 Å². The molecule has 2 rings (SSSR count). The highest BCUT2D eigenvalue weighted by molar-refractivity contribution is 7.89. The van der Waals surface area contributed by atoms with Crippen molar-refractivity contribution in [1.29, 1.82) is 0 Å². The van der Waals surface area contributed by atoms with E-state index in [0.29, 0.717) is 22.7 Å². The van der Waals surface area contributed by atoms with Gasteiger partial charge in [-0.05, 0) is 23.8 Å². The van der Waals surface area contributed by atoms with E-state index in [2.05, 4.69) is 0 Å². The first-order valence-corrected chi connectivity index (χ1v) is 8.81. The van der Waals surface area contributed by atoms with Gasteiger partial charge in [-0.1, -0.05) is 23.7 Å². The Hall–Kier alpha value is -2.19. The second kappa shape index (κ2) is 7.14. The normalized spacial score (nSPS) is 11.2. The smallest absolute Gasteiger partial charge is 0.267 e. The average Bonchev–Trinajstić information content (AvgIpc) is 2.47. The quantitative estimate of drug-likeness (QED) is 0.872. The number of hydrogen-bond donors (Lipinski definition) is 1. The molecule has 0 aromatic heterocycles. The summed E-state index contributed by atoms with van der Waals surface area (Å²) in [5, 5.41) is 0.525. The van der Waals surface area contributed by atoms with E-state index < -0.39 is 38.9 Å². The SMILES string of the molecule is CS(=O)(=O)NC(=O)c1cc(F)c(OCc2ccc(Cl)cc2)cc1F. The lowest BCUT2D eigenvalue weighted by atomic mass is 10.2. The third-order valence-corrected chi connectivity index (χ3v) is 3.66. The number of rotatable bonds is 5. The summed E-state index contributed by atoms with van der Waals surface area (Å²) in [6.45, 7) is -0.0393. The molecule has 24 heavy (non-hydrogen) atoms. The van der Waals surface area contributed by atoms with Crippen molar-refractivity contribution in [2.24, 2.45) is 0 Å². The van der Waals surface area contributed by atoms with Crippen molar-refractivity contribution in [3.63, 3.8) is 0 Å². The molecule has 1 amide bonds. The molecule has 0 radical (unpaired) electrons. The van der Waals surface area contributed by atoms with Crippen LogP contribution in [0.15, 0.2) is 36.4 Å². The molecule has 2 aromatic rings. The number of amides is 1. The molecule has 0 saturated carbocycles. The second-order valence-electron chi connectivity index (χ2n) is 4.88. The van der Waals surface area contributed by atoms with E-state index in [1.54, 1.807) is 29.0 Å². The lowest BCUT2D eigenvalue weighted by Gasteiger charge is -2.10. The van der Waals surface area contributed by atoms with Gasteiger partial charge >= 0.3 is 0 Å². The molecular formula is C15H12ClF2NO4S. The van der Waals surface area contributed by atoms with Gasteiger partial charge < -0.3 is 4.74 Å². The molecule has 0 aliphatic carbocycles. The zero-order valence-corrected chi connectivity index (χ0v) is 13.9. The molecule has 9 heteroatoms. The minimum Gasteiger partial charge on any atom is -0.486 e. The summed E-state index contributed by atoms with van der Waals surface area (Å²) in [7, 11) is -3.89. The molecule has 0 saturated heterocycles. The number of benzene rings is 2. The molecular weight excluding hydrogens is 364 g/mol. The first-order chi connectivity index (χ1) is 11.2. The first-order valence-electron chi connectivity index (χ1n) is 6.54. The Kier molecular flexibility index (Phi) is 5.40. The van der Waals surface area contributed by atoms with Crippen LogP contribution in [0, 0.1) is 11.6 Å². The molecule has 128 valence electrons. The van der Waals surface area contributed by atoms with Gasteiger partial charge in [0.2, 0.25) is 10.0 Å². The summed E-state index contributed by atoms with van der Waals surface area (Å²) < 4.78 is 56.6. The molecule has 0 spiro atoms. The van der Waals surface area contributed by atoms with Crippen molar-refractivity contribution in [3.8, 4) is 5.75 Å². The van der Waals surface area contributed by atoms with Crippen molar-refractivity contribution in [3.05, 3.63) is 64.2 Å². The van der Waals surface area contributed by atoms with Gasteiger partial charge in [-0.2, -0.15) is 0 Å². The van der Waals surface area contributed by atoms with Gasteiger partial charge in [-0.3, -0.25) is 4.79 Å². The highest BCUT2D eigenvalue weighted by Gasteiger charge is 2.19. The molecule has 2 aromatic carbocycles. The van der Waals surface area contributed by atoms with Gasteiger partial charge in [0.25, 0.3) is 5.91 Å². The first kappa shape index (κ1) is 18.2. The number of carbonyl (C=O) groups is 1. The van der Waals surface area contributed by atoms with E-state index >= 15 is 0 Å². The van der Waals surface area contributed by atoms with E-state index in [4.69, 9.17) is 16.3 Å². The van der Waals surface area contributed by atoms with Gasteiger partial charge in [0.1, 0.15) is 12.4 Å². The fourth-order valence-corrected chi connectivity index (χ4v) is 2.35. The van der Waals surface area contributed by atoms with Crippen molar-refractivity contribution in [2.45, 2.75) is 6.61 Å². The van der Waals surface area contributed by atoms with Crippen molar-refractivity contribution in [1.82, 2.24) is 4.72 Å². The number of ether oxygens (including phenoxy) is 1. The van der Waals surface area contributed by atoms with Crippen LogP contribution in [-0.4, -0.2) is 20.6 Å². The Morgan fingerprint density at radius 2 is 1.79 bits per heavy atom. The molecule has 0 fully saturated rings. The third-order valence-electron chi connectivity index (χ3n) is 2.85. The summed E-state index contributed by atoms with van der Waals surface area (Å²) in [6, 6.07) is 7.82. The predicted octanol–water partition coefficient (Wildman–Crippen LogP) is 2.89. The summed E-state index contributed by atoms with van der Waals surface area (Å²) in [6.07, 6.45) is 0.725. The number of sulfonamides is 1. The Morgan fingerprint density at radius 1 is 1.17 bits per heavy atom. The van der Waals surface area contributed by atoms with Crippen LogP contribution in [0.25, 0.3) is 0 Å². The van der Waals surface area contributed by atoms with Crippen LogP contribution in [0.1, 0.15) is 15.9 Å². The molecule has 0 unspecified atom stereocenters.